The Bertz CT molecular complexity index is 789. The van der Waals surface area contributed by atoms with E-state index < -0.39 is 6.10 Å². The fraction of sp³-hybridized carbons (Fsp3) is 0.471. The zero-order chi connectivity index (χ0) is 18.2. The molecule has 0 bridgehead atoms. The van der Waals surface area contributed by atoms with Gasteiger partial charge in [-0.3, -0.25) is 5.32 Å². The molecule has 1 atom stereocenters. The van der Waals surface area contributed by atoms with E-state index in [9.17, 15) is 14.3 Å². The lowest BCUT2D eigenvalue weighted by atomic mass is 9.90. The Labute approximate surface area is 145 Å². The predicted octanol–water partition coefficient (Wildman–Crippen LogP) is 2.01. The Kier molecular flexibility index (Phi) is 4.47. The predicted molar refractivity (Wildman–Crippen MR) is 90.6 cm³/mol. The van der Waals surface area contributed by atoms with Gasteiger partial charge in [-0.25, -0.2) is 13.9 Å². The number of nitrogens with zero attached hydrogens (tertiary/aromatic N) is 4. The largest absolute Gasteiger partial charge is 0.391 e. The molecule has 7 nitrogen and oxygen atoms in total. The molecule has 2 aromatic rings. The molecule has 2 N–H and O–H groups in total. The maximum Gasteiger partial charge on any atom is 0.323 e. The Balaban J connectivity index is 1.70. The molecule has 0 radical (unpaired) electrons. The molecule has 1 aromatic heterocycles. The van der Waals surface area contributed by atoms with E-state index >= 15 is 0 Å². The van der Waals surface area contributed by atoms with E-state index in [1.165, 1.54) is 10.7 Å². The number of benzene rings is 1. The van der Waals surface area contributed by atoms with Gasteiger partial charge in [-0.05, 0) is 13.0 Å². The van der Waals surface area contributed by atoms with Crippen molar-refractivity contribution in [3.63, 3.8) is 0 Å². The van der Waals surface area contributed by atoms with Crippen molar-refractivity contribution in [3.8, 4) is 0 Å². The van der Waals surface area contributed by atoms with Crippen LogP contribution in [-0.4, -0.2) is 50.2 Å². The number of carbonyl (C=O) groups excluding carboxylic acids is 1. The number of aliphatic hydroxyl groups excluding tert-OH is 1. The number of nitrogens with one attached hydrogen (secondary N) is 1. The van der Waals surface area contributed by atoms with Gasteiger partial charge >= 0.3 is 6.03 Å². The molecule has 1 aliphatic rings. The van der Waals surface area contributed by atoms with Gasteiger partial charge in [0, 0.05) is 24.1 Å². The monoisotopic (exact) mass is 347 g/mol. The highest BCUT2D eigenvalue weighted by Crippen LogP contribution is 2.29. The summed E-state index contributed by atoms with van der Waals surface area (Å²) in [6.07, 6.45) is -0.559. The molecule has 1 saturated heterocycles. The van der Waals surface area contributed by atoms with Crippen molar-refractivity contribution in [2.24, 2.45) is 5.41 Å². The number of anilines is 1. The molecule has 2 heterocycles. The minimum absolute atomic E-state index is 0.233. The number of halogens is 1. The zero-order valence-corrected chi connectivity index (χ0v) is 14.5. The fourth-order valence-electron chi connectivity index (χ4n) is 2.87. The van der Waals surface area contributed by atoms with Crippen LogP contribution < -0.4 is 5.32 Å². The van der Waals surface area contributed by atoms with Gasteiger partial charge < -0.3 is 10.0 Å². The summed E-state index contributed by atoms with van der Waals surface area (Å²) in [7, 11) is 0. The summed E-state index contributed by atoms with van der Waals surface area (Å²) >= 11 is 0. The standard InChI is InChI=1S/C17H22FN5O2/c1-11-15(19-16(25)22-9-14(24)17(2,3)10-22)20-21-23(11)8-12-6-4-5-7-13(12)18/h4-7,14,24H,8-10H2,1-3H3,(H,19,25). The van der Waals surface area contributed by atoms with Gasteiger partial charge in [0.05, 0.1) is 18.3 Å². The van der Waals surface area contributed by atoms with Crippen LogP contribution in [-0.2, 0) is 6.54 Å². The third-order valence-electron chi connectivity index (χ3n) is 4.67. The lowest BCUT2D eigenvalue weighted by Gasteiger charge is -2.20. The summed E-state index contributed by atoms with van der Waals surface area (Å²) < 4.78 is 15.3. The van der Waals surface area contributed by atoms with Crippen molar-refractivity contribution in [1.82, 2.24) is 19.9 Å². The summed E-state index contributed by atoms with van der Waals surface area (Å²) in [6, 6.07) is 6.14. The average Bonchev–Trinajstić information content (AvgIpc) is 3.03. The molecule has 1 aromatic carbocycles. The van der Waals surface area contributed by atoms with Crippen LogP contribution in [0.4, 0.5) is 15.0 Å². The number of amides is 2. The highest BCUT2D eigenvalue weighted by molar-refractivity contribution is 5.89. The lowest BCUT2D eigenvalue weighted by molar-refractivity contribution is 0.0957. The molecule has 0 aliphatic carbocycles. The maximum atomic E-state index is 13.8. The van der Waals surface area contributed by atoms with Crippen LogP contribution in [0.25, 0.3) is 0 Å². The van der Waals surface area contributed by atoms with Gasteiger partial charge in [-0.15, -0.1) is 5.10 Å². The molecule has 1 unspecified atom stereocenters. The number of rotatable bonds is 3. The summed E-state index contributed by atoms with van der Waals surface area (Å²) in [5.41, 5.74) is 0.794. The number of aromatic nitrogens is 3. The summed E-state index contributed by atoms with van der Waals surface area (Å²) in [5.74, 6) is 0.0248. The van der Waals surface area contributed by atoms with Crippen LogP contribution in [0.3, 0.4) is 0 Å². The smallest absolute Gasteiger partial charge is 0.323 e. The topological polar surface area (TPSA) is 83.3 Å². The quantitative estimate of drug-likeness (QED) is 0.890. The first-order valence-corrected chi connectivity index (χ1v) is 8.15. The second kappa shape index (κ2) is 6.44. The highest BCUT2D eigenvalue weighted by atomic mass is 19.1. The van der Waals surface area contributed by atoms with Crippen LogP contribution in [0.5, 0.6) is 0 Å². The number of hydrogen-bond acceptors (Lipinski definition) is 4. The highest BCUT2D eigenvalue weighted by Gasteiger charge is 2.40. The molecule has 1 fully saturated rings. The Morgan fingerprint density at radius 1 is 1.44 bits per heavy atom. The van der Waals surface area contributed by atoms with Crippen molar-refractivity contribution < 1.29 is 14.3 Å². The van der Waals surface area contributed by atoms with Crippen LogP contribution in [0, 0.1) is 18.2 Å². The SMILES string of the molecule is Cc1c(NC(=O)N2CC(O)C(C)(C)C2)nnn1Cc1ccccc1F. The minimum atomic E-state index is -0.559. The van der Waals surface area contributed by atoms with Gasteiger partial charge in [0.2, 0.25) is 0 Å². The van der Waals surface area contributed by atoms with Gasteiger partial charge in [0.15, 0.2) is 5.82 Å². The number of urea groups is 1. The van der Waals surface area contributed by atoms with E-state index in [1.807, 2.05) is 13.8 Å². The Morgan fingerprint density at radius 2 is 2.16 bits per heavy atom. The van der Waals surface area contributed by atoms with E-state index in [4.69, 9.17) is 0 Å². The van der Waals surface area contributed by atoms with Crippen LogP contribution in [0.15, 0.2) is 24.3 Å². The molecule has 0 saturated carbocycles. The van der Waals surface area contributed by atoms with E-state index in [0.29, 0.717) is 23.6 Å². The van der Waals surface area contributed by atoms with Crippen LogP contribution in [0.1, 0.15) is 25.1 Å². The third kappa shape index (κ3) is 3.48. The first kappa shape index (κ1) is 17.3. The van der Waals surface area contributed by atoms with Gasteiger partial charge in [0.25, 0.3) is 0 Å². The van der Waals surface area contributed by atoms with E-state index in [0.717, 1.165) is 0 Å². The van der Waals surface area contributed by atoms with E-state index in [2.05, 4.69) is 15.6 Å². The molecular formula is C17H22FN5O2. The number of carbonyl (C=O) groups is 1. The second-order valence-electron chi connectivity index (χ2n) is 7.09. The average molecular weight is 347 g/mol. The van der Waals surface area contributed by atoms with Crippen molar-refractivity contribution in [1.29, 1.82) is 0 Å². The Hall–Kier alpha value is -2.48. The molecule has 8 heteroatoms. The van der Waals surface area contributed by atoms with Gasteiger partial charge in [-0.1, -0.05) is 37.3 Å². The molecule has 134 valence electrons. The normalized spacial score (nSPS) is 19.2. The van der Waals surface area contributed by atoms with Crippen LogP contribution >= 0.6 is 0 Å². The van der Waals surface area contributed by atoms with Crippen molar-refractivity contribution in [3.05, 3.63) is 41.3 Å². The van der Waals surface area contributed by atoms with E-state index in [-0.39, 0.29) is 30.4 Å². The van der Waals surface area contributed by atoms with Gasteiger partial charge in [-0.2, -0.15) is 0 Å². The summed E-state index contributed by atoms with van der Waals surface area (Å²) in [4.78, 5) is 13.9. The van der Waals surface area contributed by atoms with Crippen molar-refractivity contribution in [2.45, 2.75) is 33.4 Å². The number of hydrogen-bond donors (Lipinski definition) is 2. The fourth-order valence-corrected chi connectivity index (χ4v) is 2.87. The van der Waals surface area contributed by atoms with Crippen LogP contribution in [0.2, 0.25) is 0 Å². The first-order valence-electron chi connectivity index (χ1n) is 8.15. The van der Waals surface area contributed by atoms with Crippen molar-refractivity contribution in [2.75, 3.05) is 18.4 Å². The molecular weight excluding hydrogens is 325 g/mol. The number of aliphatic hydroxyl groups is 1. The van der Waals surface area contributed by atoms with Gasteiger partial charge in [0.1, 0.15) is 5.82 Å². The van der Waals surface area contributed by atoms with Crippen molar-refractivity contribution >= 4 is 11.8 Å². The number of likely N-dealkylation sites (tertiary alicyclic amines) is 1. The molecule has 1 aliphatic heterocycles. The third-order valence-corrected chi connectivity index (χ3v) is 4.67. The minimum Gasteiger partial charge on any atom is -0.391 e. The molecule has 3 rings (SSSR count). The molecule has 2 amide bonds. The summed E-state index contributed by atoms with van der Waals surface area (Å²) in [5, 5.41) is 20.7. The lowest BCUT2D eigenvalue weighted by Crippen LogP contribution is -2.34. The first-order chi connectivity index (χ1) is 11.8. The zero-order valence-electron chi connectivity index (χ0n) is 14.5. The number of β-amino-alcohol motifs (C(OH)–C–C–N with tert-alkyl or cyclic N) is 1. The molecule has 25 heavy (non-hydrogen) atoms. The Morgan fingerprint density at radius 3 is 2.80 bits per heavy atom. The molecule has 0 spiro atoms. The second-order valence-corrected chi connectivity index (χ2v) is 7.09. The summed E-state index contributed by atoms with van der Waals surface area (Å²) in [6.45, 7) is 6.57. The maximum absolute atomic E-state index is 13.8. The van der Waals surface area contributed by atoms with E-state index in [1.54, 1.807) is 30.0 Å².